The first-order chi connectivity index (χ1) is 9.29. The Hall–Kier alpha value is -2.14. The summed E-state index contributed by atoms with van der Waals surface area (Å²) in [5.74, 6) is 1.62. The molecular formula is C14H13N3OS. The van der Waals surface area contributed by atoms with Crippen LogP contribution in [0.3, 0.4) is 0 Å². The van der Waals surface area contributed by atoms with Crippen LogP contribution >= 0.6 is 11.3 Å². The van der Waals surface area contributed by atoms with Gasteiger partial charge in [0.05, 0.1) is 23.0 Å². The SMILES string of the molecule is COc1cccc(C)c1Nc1ncnc2ccsc12. The second-order valence-corrected chi connectivity index (χ2v) is 5.05. The first-order valence-electron chi connectivity index (χ1n) is 5.88. The molecule has 0 saturated carbocycles. The summed E-state index contributed by atoms with van der Waals surface area (Å²) in [5, 5.41) is 5.37. The first-order valence-corrected chi connectivity index (χ1v) is 6.76. The van der Waals surface area contributed by atoms with Crippen LogP contribution < -0.4 is 10.1 Å². The molecular weight excluding hydrogens is 258 g/mol. The van der Waals surface area contributed by atoms with Crippen LogP contribution in [0.25, 0.3) is 10.2 Å². The van der Waals surface area contributed by atoms with Crippen molar-refractivity contribution < 1.29 is 4.74 Å². The van der Waals surface area contributed by atoms with Crippen LogP contribution in [0.4, 0.5) is 11.5 Å². The number of ether oxygens (including phenoxy) is 1. The van der Waals surface area contributed by atoms with Crippen LogP contribution in [0.15, 0.2) is 36.0 Å². The van der Waals surface area contributed by atoms with Crippen molar-refractivity contribution in [3.63, 3.8) is 0 Å². The van der Waals surface area contributed by atoms with Crippen LogP contribution in [-0.4, -0.2) is 17.1 Å². The molecule has 0 fully saturated rings. The zero-order chi connectivity index (χ0) is 13.2. The van der Waals surface area contributed by atoms with Gasteiger partial charge < -0.3 is 10.1 Å². The lowest BCUT2D eigenvalue weighted by atomic mass is 10.2. The predicted octanol–water partition coefficient (Wildman–Crippen LogP) is 3.75. The van der Waals surface area contributed by atoms with Crippen molar-refractivity contribution in [1.29, 1.82) is 0 Å². The number of thiophene rings is 1. The molecule has 2 aromatic heterocycles. The summed E-state index contributed by atoms with van der Waals surface area (Å²) in [4.78, 5) is 8.56. The lowest BCUT2D eigenvalue weighted by Crippen LogP contribution is -1.99. The van der Waals surface area contributed by atoms with E-state index >= 15 is 0 Å². The third-order valence-electron chi connectivity index (χ3n) is 2.94. The molecule has 2 heterocycles. The van der Waals surface area contributed by atoms with Crippen LogP contribution in [0.2, 0.25) is 0 Å². The van der Waals surface area contributed by atoms with Crippen molar-refractivity contribution in [1.82, 2.24) is 9.97 Å². The van der Waals surface area contributed by atoms with E-state index in [2.05, 4.69) is 15.3 Å². The van der Waals surface area contributed by atoms with Crippen LogP contribution in [0.5, 0.6) is 5.75 Å². The summed E-state index contributed by atoms with van der Waals surface area (Å²) in [5.41, 5.74) is 3.01. The van der Waals surface area contributed by atoms with Gasteiger partial charge in [0.2, 0.25) is 0 Å². The van der Waals surface area contributed by atoms with Gasteiger partial charge in [-0.2, -0.15) is 0 Å². The molecule has 0 radical (unpaired) electrons. The molecule has 0 amide bonds. The number of fused-ring (bicyclic) bond motifs is 1. The van der Waals surface area contributed by atoms with Gasteiger partial charge in [0.1, 0.15) is 12.1 Å². The molecule has 3 aromatic rings. The molecule has 0 spiro atoms. The van der Waals surface area contributed by atoms with Crippen LogP contribution in [0, 0.1) is 6.92 Å². The van der Waals surface area contributed by atoms with E-state index in [1.54, 1.807) is 24.8 Å². The third kappa shape index (κ3) is 2.13. The second kappa shape index (κ2) is 4.85. The van der Waals surface area contributed by atoms with Gasteiger partial charge in [0.25, 0.3) is 0 Å². The minimum atomic E-state index is 0.809. The van der Waals surface area contributed by atoms with Crippen molar-refractivity contribution in [2.75, 3.05) is 12.4 Å². The summed E-state index contributed by atoms with van der Waals surface area (Å²) < 4.78 is 6.44. The minimum Gasteiger partial charge on any atom is -0.495 e. The van der Waals surface area contributed by atoms with E-state index in [0.717, 1.165) is 33.0 Å². The fraction of sp³-hybridized carbons (Fsp3) is 0.143. The zero-order valence-electron chi connectivity index (χ0n) is 10.7. The molecule has 96 valence electrons. The molecule has 1 N–H and O–H groups in total. The van der Waals surface area contributed by atoms with Gasteiger partial charge in [-0.1, -0.05) is 12.1 Å². The Labute approximate surface area is 115 Å². The van der Waals surface area contributed by atoms with E-state index in [9.17, 15) is 0 Å². The Kier molecular flexibility index (Phi) is 3.05. The number of aryl methyl sites for hydroxylation is 1. The number of methoxy groups -OCH3 is 1. The Bertz CT molecular complexity index is 724. The number of benzene rings is 1. The van der Waals surface area contributed by atoms with E-state index in [-0.39, 0.29) is 0 Å². The molecule has 4 nitrogen and oxygen atoms in total. The van der Waals surface area contributed by atoms with E-state index in [4.69, 9.17) is 4.74 Å². The highest BCUT2D eigenvalue weighted by atomic mass is 32.1. The van der Waals surface area contributed by atoms with E-state index in [1.165, 1.54) is 0 Å². The normalized spacial score (nSPS) is 10.6. The Morgan fingerprint density at radius 1 is 1.21 bits per heavy atom. The fourth-order valence-corrected chi connectivity index (χ4v) is 2.76. The summed E-state index contributed by atoms with van der Waals surface area (Å²) in [7, 11) is 1.67. The van der Waals surface area contributed by atoms with Gasteiger partial charge in [-0.25, -0.2) is 9.97 Å². The second-order valence-electron chi connectivity index (χ2n) is 4.13. The smallest absolute Gasteiger partial charge is 0.151 e. The maximum atomic E-state index is 5.39. The standard InChI is InChI=1S/C14H13N3OS/c1-9-4-3-5-11(18-2)12(9)17-14-13-10(6-7-19-13)15-8-16-14/h3-8H,1-2H3,(H,15,16,17). The molecule has 0 atom stereocenters. The first kappa shape index (κ1) is 11.9. The van der Waals surface area contributed by atoms with Crippen LogP contribution in [-0.2, 0) is 0 Å². The topological polar surface area (TPSA) is 47.0 Å². The van der Waals surface area contributed by atoms with Crippen molar-refractivity contribution in [3.05, 3.63) is 41.5 Å². The van der Waals surface area contributed by atoms with Crippen molar-refractivity contribution in [2.45, 2.75) is 6.92 Å². The van der Waals surface area contributed by atoms with E-state index in [1.807, 2.05) is 36.6 Å². The number of hydrogen-bond donors (Lipinski definition) is 1. The van der Waals surface area contributed by atoms with Crippen molar-refractivity contribution in [3.8, 4) is 5.75 Å². The number of para-hydroxylation sites is 1. The highest BCUT2D eigenvalue weighted by molar-refractivity contribution is 7.17. The third-order valence-corrected chi connectivity index (χ3v) is 3.85. The maximum Gasteiger partial charge on any atom is 0.151 e. The quantitative estimate of drug-likeness (QED) is 0.788. The number of nitrogens with zero attached hydrogens (tertiary/aromatic N) is 2. The summed E-state index contributed by atoms with van der Waals surface area (Å²) >= 11 is 1.62. The van der Waals surface area contributed by atoms with Gasteiger partial charge >= 0.3 is 0 Å². The van der Waals surface area contributed by atoms with Crippen LogP contribution in [0.1, 0.15) is 5.56 Å². The molecule has 1 aromatic carbocycles. The van der Waals surface area contributed by atoms with Crippen molar-refractivity contribution >= 4 is 33.1 Å². The molecule has 3 rings (SSSR count). The Balaban J connectivity index is 2.08. The molecule has 0 saturated heterocycles. The lowest BCUT2D eigenvalue weighted by molar-refractivity contribution is 0.416. The number of nitrogens with one attached hydrogen (secondary N) is 1. The monoisotopic (exact) mass is 271 g/mol. The molecule has 0 aliphatic heterocycles. The number of aromatic nitrogens is 2. The Morgan fingerprint density at radius 3 is 2.95 bits per heavy atom. The Morgan fingerprint density at radius 2 is 2.11 bits per heavy atom. The lowest BCUT2D eigenvalue weighted by Gasteiger charge is -2.13. The minimum absolute atomic E-state index is 0.809. The number of anilines is 2. The summed E-state index contributed by atoms with van der Waals surface area (Å²) in [6, 6.07) is 7.93. The molecule has 0 bridgehead atoms. The van der Waals surface area contributed by atoms with Gasteiger partial charge in [-0.3, -0.25) is 0 Å². The highest BCUT2D eigenvalue weighted by Crippen LogP contribution is 2.33. The number of rotatable bonds is 3. The average Bonchev–Trinajstić information content (AvgIpc) is 2.90. The predicted molar refractivity (Wildman–Crippen MR) is 78.4 cm³/mol. The molecule has 0 unspecified atom stereocenters. The zero-order valence-corrected chi connectivity index (χ0v) is 11.5. The van der Waals surface area contributed by atoms with Gasteiger partial charge in [0.15, 0.2) is 5.82 Å². The molecule has 5 heteroatoms. The molecule has 19 heavy (non-hydrogen) atoms. The van der Waals surface area contributed by atoms with Gasteiger partial charge in [-0.05, 0) is 30.0 Å². The van der Waals surface area contributed by atoms with Gasteiger partial charge in [0, 0.05) is 0 Å². The fourth-order valence-electron chi connectivity index (χ4n) is 1.97. The number of hydrogen-bond acceptors (Lipinski definition) is 5. The van der Waals surface area contributed by atoms with E-state index in [0.29, 0.717) is 0 Å². The van der Waals surface area contributed by atoms with Gasteiger partial charge in [-0.15, -0.1) is 11.3 Å². The maximum absolute atomic E-state index is 5.39. The summed E-state index contributed by atoms with van der Waals surface area (Å²) in [6.07, 6.45) is 1.57. The van der Waals surface area contributed by atoms with E-state index < -0.39 is 0 Å². The largest absolute Gasteiger partial charge is 0.495 e. The average molecular weight is 271 g/mol. The molecule has 0 aliphatic rings. The highest BCUT2D eigenvalue weighted by Gasteiger charge is 2.10. The summed E-state index contributed by atoms with van der Waals surface area (Å²) in [6.45, 7) is 2.04. The molecule has 0 aliphatic carbocycles. The van der Waals surface area contributed by atoms with Crippen molar-refractivity contribution in [2.24, 2.45) is 0 Å².